The largest absolute Gasteiger partial charge is 0.486 e. The van der Waals surface area contributed by atoms with Gasteiger partial charge in [0, 0.05) is 0 Å². The van der Waals surface area contributed by atoms with Crippen molar-refractivity contribution in [2.24, 2.45) is 5.92 Å². The standard InChI is InChI=1S/C15H18F3NO2/c16-15(17,18)12-9-14-13(20-5-6-21-14)8-11(12)7-10-1-3-19-4-2-10/h8-10,19H,1-7H2. The number of hydrogen-bond acceptors (Lipinski definition) is 3. The Morgan fingerprint density at radius 3 is 2.29 bits per heavy atom. The van der Waals surface area contributed by atoms with Crippen molar-refractivity contribution in [1.82, 2.24) is 5.32 Å². The van der Waals surface area contributed by atoms with Gasteiger partial charge < -0.3 is 14.8 Å². The fourth-order valence-corrected chi connectivity index (χ4v) is 2.96. The van der Waals surface area contributed by atoms with Crippen LogP contribution >= 0.6 is 0 Å². The van der Waals surface area contributed by atoms with Gasteiger partial charge in [-0.15, -0.1) is 0 Å². The molecule has 0 atom stereocenters. The first-order chi connectivity index (χ1) is 10.0. The van der Waals surface area contributed by atoms with E-state index in [1.54, 1.807) is 0 Å². The van der Waals surface area contributed by atoms with Crippen LogP contribution in [0, 0.1) is 5.92 Å². The summed E-state index contributed by atoms with van der Waals surface area (Å²) in [4.78, 5) is 0. The van der Waals surface area contributed by atoms with Crippen LogP contribution in [0.1, 0.15) is 24.0 Å². The Balaban J connectivity index is 1.92. The highest BCUT2D eigenvalue weighted by atomic mass is 19.4. The van der Waals surface area contributed by atoms with Crippen LogP contribution in [0.3, 0.4) is 0 Å². The zero-order valence-corrected chi connectivity index (χ0v) is 11.6. The minimum absolute atomic E-state index is 0.197. The highest BCUT2D eigenvalue weighted by Gasteiger charge is 2.36. The summed E-state index contributed by atoms with van der Waals surface area (Å²) in [5, 5.41) is 3.23. The minimum Gasteiger partial charge on any atom is -0.486 e. The second kappa shape index (κ2) is 5.75. The van der Waals surface area contributed by atoms with Crippen LogP contribution in [0.25, 0.3) is 0 Å². The van der Waals surface area contributed by atoms with Crippen molar-refractivity contribution >= 4 is 0 Å². The number of benzene rings is 1. The maximum atomic E-state index is 13.3. The molecule has 21 heavy (non-hydrogen) atoms. The summed E-state index contributed by atoms with van der Waals surface area (Å²) in [7, 11) is 0. The fraction of sp³-hybridized carbons (Fsp3) is 0.600. The summed E-state index contributed by atoms with van der Waals surface area (Å²) in [5.74, 6) is 0.913. The first-order valence-electron chi connectivity index (χ1n) is 7.24. The summed E-state index contributed by atoms with van der Waals surface area (Å²) < 4.78 is 50.5. The van der Waals surface area contributed by atoms with Crippen molar-refractivity contribution in [3.8, 4) is 11.5 Å². The van der Waals surface area contributed by atoms with E-state index in [0.29, 0.717) is 24.3 Å². The smallest absolute Gasteiger partial charge is 0.416 e. The molecule has 2 aliphatic rings. The highest BCUT2D eigenvalue weighted by Crippen LogP contribution is 2.41. The van der Waals surface area contributed by atoms with Crippen molar-refractivity contribution in [2.45, 2.75) is 25.4 Å². The molecule has 0 radical (unpaired) electrons. The lowest BCUT2D eigenvalue weighted by atomic mass is 9.88. The van der Waals surface area contributed by atoms with Crippen LogP contribution in [0.15, 0.2) is 12.1 Å². The van der Waals surface area contributed by atoms with E-state index in [1.807, 2.05) is 0 Å². The van der Waals surface area contributed by atoms with E-state index in [-0.39, 0.29) is 18.3 Å². The third-order valence-electron chi connectivity index (χ3n) is 4.04. The second-order valence-corrected chi connectivity index (χ2v) is 5.55. The van der Waals surface area contributed by atoms with E-state index in [1.165, 1.54) is 6.07 Å². The molecule has 1 saturated heterocycles. The molecule has 0 saturated carbocycles. The van der Waals surface area contributed by atoms with Gasteiger partial charge in [-0.2, -0.15) is 13.2 Å². The quantitative estimate of drug-likeness (QED) is 0.911. The molecule has 0 unspecified atom stereocenters. The molecule has 1 N–H and O–H groups in total. The van der Waals surface area contributed by atoms with Crippen LogP contribution < -0.4 is 14.8 Å². The number of halogens is 3. The van der Waals surface area contributed by atoms with Gasteiger partial charge in [0.15, 0.2) is 11.5 Å². The summed E-state index contributed by atoms with van der Waals surface area (Å²) in [6, 6.07) is 2.60. The van der Waals surface area contributed by atoms with Crippen molar-refractivity contribution in [2.75, 3.05) is 26.3 Å². The number of hydrogen-bond donors (Lipinski definition) is 1. The molecule has 116 valence electrons. The lowest BCUT2D eigenvalue weighted by molar-refractivity contribution is -0.138. The van der Waals surface area contributed by atoms with Crippen LogP contribution in [-0.4, -0.2) is 26.3 Å². The van der Waals surface area contributed by atoms with E-state index in [2.05, 4.69) is 5.32 Å². The van der Waals surface area contributed by atoms with E-state index in [9.17, 15) is 13.2 Å². The Kier molecular flexibility index (Phi) is 3.97. The maximum absolute atomic E-state index is 13.3. The van der Waals surface area contributed by atoms with Gasteiger partial charge in [-0.3, -0.25) is 0 Å². The first-order valence-corrected chi connectivity index (χ1v) is 7.24. The molecule has 3 nitrogen and oxygen atoms in total. The van der Waals surface area contributed by atoms with Crippen LogP contribution in [0.4, 0.5) is 13.2 Å². The summed E-state index contributed by atoms with van der Waals surface area (Å²) in [6.45, 7) is 2.41. The SMILES string of the molecule is FC(F)(F)c1cc2c(cc1CC1CCNCC1)OCCO2. The van der Waals surface area contributed by atoms with Crippen LogP contribution in [-0.2, 0) is 12.6 Å². The highest BCUT2D eigenvalue weighted by molar-refractivity contribution is 5.49. The number of piperidine rings is 1. The molecule has 0 spiro atoms. The summed E-state index contributed by atoms with van der Waals surface area (Å²) in [6.07, 6.45) is -2.11. The molecule has 0 amide bonds. The van der Waals surface area contributed by atoms with Crippen molar-refractivity contribution in [3.05, 3.63) is 23.3 Å². The normalized spacial score (nSPS) is 19.6. The number of nitrogens with one attached hydrogen (secondary N) is 1. The Labute approximate surface area is 121 Å². The van der Waals surface area contributed by atoms with E-state index < -0.39 is 11.7 Å². The van der Waals surface area contributed by atoms with Gasteiger partial charge in [-0.05, 0) is 56.0 Å². The fourth-order valence-electron chi connectivity index (χ4n) is 2.96. The van der Waals surface area contributed by atoms with E-state index >= 15 is 0 Å². The molecule has 1 aromatic rings. The van der Waals surface area contributed by atoms with E-state index in [0.717, 1.165) is 32.0 Å². The molecule has 2 aliphatic heterocycles. The van der Waals surface area contributed by atoms with Crippen molar-refractivity contribution in [1.29, 1.82) is 0 Å². The van der Waals surface area contributed by atoms with Gasteiger partial charge in [0.25, 0.3) is 0 Å². The Hall–Kier alpha value is -1.43. The van der Waals surface area contributed by atoms with Crippen LogP contribution in [0.2, 0.25) is 0 Å². The number of ether oxygens (including phenoxy) is 2. The number of rotatable bonds is 2. The average molecular weight is 301 g/mol. The van der Waals surface area contributed by atoms with Gasteiger partial charge in [-0.1, -0.05) is 0 Å². The van der Waals surface area contributed by atoms with Crippen LogP contribution in [0.5, 0.6) is 11.5 Å². The molecule has 1 aromatic carbocycles. The minimum atomic E-state index is -4.36. The monoisotopic (exact) mass is 301 g/mol. The first kappa shape index (κ1) is 14.5. The third-order valence-corrected chi connectivity index (χ3v) is 4.04. The molecule has 3 rings (SSSR count). The van der Waals surface area contributed by atoms with Gasteiger partial charge >= 0.3 is 6.18 Å². The van der Waals surface area contributed by atoms with Crippen molar-refractivity contribution in [3.63, 3.8) is 0 Å². The summed E-state index contributed by atoms with van der Waals surface area (Å²) in [5.41, 5.74) is -0.274. The Morgan fingerprint density at radius 1 is 1.05 bits per heavy atom. The molecule has 0 aliphatic carbocycles. The van der Waals surface area contributed by atoms with E-state index in [4.69, 9.17) is 9.47 Å². The lowest BCUT2D eigenvalue weighted by Gasteiger charge is -2.26. The molecule has 0 aromatic heterocycles. The molecule has 1 fully saturated rings. The predicted molar refractivity (Wildman–Crippen MR) is 71.7 cm³/mol. The average Bonchev–Trinajstić information content (AvgIpc) is 2.46. The molecular weight excluding hydrogens is 283 g/mol. The number of fused-ring (bicyclic) bond motifs is 1. The second-order valence-electron chi connectivity index (χ2n) is 5.55. The maximum Gasteiger partial charge on any atom is 0.416 e. The van der Waals surface area contributed by atoms with Gasteiger partial charge in [0.1, 0.15) is 13.2 Å². The third kappa shape index (κ3) is 3.26. The Morgan fingerprint density at radius 2 is 1.67 bits per heavy atom. The topological polar surface area (TPSA) is 30.5 Å². The summed E-state index contributed by atoms with van der Waals surface area (Å²) >= 11 is 0. The zero-order valence-electron chi connectivity index (χ0n) is 11.6. The predicted octanol–water partition coefficient (Wildman–Crippen LogP) is 3.02. The molecule has 2 heterocycles. The van der Waals surface area contributed by atoms with Gasteiger partial charge in [0.05, 0.1) is 5.56 Å². The van der Waals surface area contributed by atoms with Crippen molar-refractivity contribution < 1.29 is 22.6 Å². The molecular formula is C15H18F3NO2. The molecule has 0 bridgehead atoms. The zero-order chi connectivity index (χ0) is 14.9. The lowest BCUT2D eigenvalue weighted by Crippen LogP contribution is -2.29. The van der Waals surface area contributed by atoms with Gasteiger partial charge in [0.2, 0.25) is 0 Å². The van der Waals surface area contributed by atoms with Gasteiger partial charge in [-0.25, -0.2) is 0 Å². The number of alkyl halides is 3. The molecule has 6 heteroatoms. The Bertz CT molecular complexity index is 510.